The number of alkyl halides is 3. The number of hydrogen-bond acceptors (Lipinski definition) is 8. The van der Waals surface area contributed by atoms with Crippen LogP contribution in [0, 0.1) is 0 Å². The van der Waals surface area contributed by atoms with E-state index in [1.54, 1.807) is 24.3 Å². The Hall–Kier alpha value is -4.94. The van der Waals surface area contributed by atoms with Crippen molar-refractivity contribution in [2.24, 2.45) is 0 Å². The molecule has 0 aliphatic carbocycles. The summed E-state index contributed by atoms with van der Waals surface area (Å²) in [4.78, 5) is 41.2. The maximum atomic E-state index is 13.9. The van der Waals surface area contributed by atoms with Gasteiger partial charge in [0, 0.05) is 17.3 Å². The summed E-state index contributed by atoms with van der Waals surface area (Å²) >= 11 is 0. The summed E-state index contributed by atoms with van der Waals surface area (Å²) in [5.41, 5.74) is -1.51. The Morgan fingerprint density at radius 3 is 2.00 bits per heavy atom. The Morgan fingerprint density at radius 1 is 0.868 bits per heavy atom. The van der Waals surface area contributed by atoms with Crippen molar-refractivity contribution in [3.05, 3.63) is 77.1 Å². The van der Waals surface area contributed by atoms with E-state index in [9.17, 15) is 27.6 Å². The standard InChI is InChI=1S/C25H19F3N4O6/c1-36-17-6-4-13(5-7-17)18-11-20(25(26,27)28)32-21(30-18)12-19(31-32)22(33)29-16-9-14(23(34)37-2)8-15(10-16)24(35)38-3/h4-12H,1-3H3,(H,29,33). The van der Waals surface area contributed by atoms with Crippen molar-refractivity contribution in [1.82, 2.24) is 14.6 Å². The number of methoxy groups -OCH3 is 3. The fraction of sp³-hybridized carbons (Fsp3) is 0.160. The molecule has 4 rings (SSSR count). The maximum absolute atomic E-state index is 13.9. The third-order valence-electron chi connectivity index (χ3n) is 5.37. The van der Waals surface area contributed by atoms with Crippen LogP contribution in [-0.2, 0) is 15.7 Å². The third kappa shape index (κ3) is 5.26. The van der Waals surface area contributed by atoms with Crippen LogP contribution in [0.5, 0.6) is 5.75 Å². The first-order chi connectivity index (χ1) is 18.0. The van der Waals surface area contributed by atoms with Gasteiger partial charge in [-0.3, -0.25) is 4.79 Å². The number of ether oxygens (including phenoxy) is 3. The van der Waals surface area contributed by atoms with Crippen molar-refractivity contribution >= 4 is 29.2 Å². The van der Waals surface area contributed by atoms with Crippen molar-refractivity contribution in [2.45, 2.75) is 6.18 Å². The molecule has 0 aliphatic heterocycles. The molecule has 0 unspecified atom stereocenters. The lowest BCUT2D eigenvalue weighted by Gasteiger charge is -2.11. The molecule has 4 aromatic rings. The minimum atomic E-state index is -4.81. The van der Waals surface area contributed by atoms with Gasteiger partial charge in [-0.2, -0.15) is 18.3 Å². The van der Waals surface area contributed by atoms with Gasteiger partial charge >= 0.3 is 18.1 Å². The third-order valence-corrected chi connectivity index (χ3v) is 5.37. The smallest absolute Gasteiger partial charge is 0.433 e. The van der Waals surface area contributed by atoms with Crippen molar-refractivity contribution in [2.75, 3.05) is 26.6 Å². The average molecular weight is 528 g/mol. The number of esters is 2. The molecule has 0 saturated carbocycles. The molecule has 38 heavy (non-hydrogen) atoms. The van der Waals surface area contributed by atoms with E-state index in [1.807, 2.05) is 0 Å². The van der Waals surface area contributed by atoms with Gasteiger partial charge in [0.05, 0.1) is 38.2 Å². The number of amides is 1. The monoisotopic (exact) mass is 528 g/mol. The molecule has 13 heteroatoms. The van der Waals surface area contributed by atoms with Crippen LogP contribution < -0.4 is 10.1 Å². The summed E-state index contributed by atoms with van der Waals surface area (Å²) in [5.74, 6) is -1.97. The fourth-order valence-corrected chi connectivity index (χ4v) is 3.56. The Balaban J connectivity index is 1.74. The minimum Gasteiger partial charge on any atom is -0.497 e. The summed E-state index contributed by atoms with van der Waals surface area (Å²) < 4.78 is 56.6. The fourth-order valence-electron chi connectivity index (χ4n) is 3.56. The van der Waals surface area contributed by atoms with Crippen molar-refractivity contribution < 1.29 is 41.8 Å². The first-order valence-electron chi connectivity index (χ1n) is 10.8. The molecule has 0 fully saturated rings. The molecule has 2 aromatic carbocycles. The van der Waals surface area contributed by atoms with Gasteiger partial charge in [0.25, 0.3) is 5.91 Å². The Bertz CT molecular complexity index is 1510. The minimum absolute atomic E-state index is 0.00725. The highest BCUT2D eigenvalue weighted by molar-refractivity contribution is 6.05. The van der Waals surface area contributed by atoms with E-state index in [1.165, 1.54) is 25.3 Å². The highest BCUT2D eigenvalue weighted by Crippen LogP contribution is 2.33. The van der Waals surface area contributed by atoms with E-state index < -0.39 is 35.4 Å². The van der Waals surface area contributed by atoms with E-state index in [4.69, 9.17) is 4.74 Å². The summed E-state index contributed by atoms with van der Waals surface area (Å²) in [6.45, 7) is 0. The SMILES string of the molecule is COC(=O)c1cc(NC(=O)c2cc3nc(-c4ccc(OC)cc4)cc(C(F)(F)F)n3n2)cc(C(=O)OC)c1. The number of rotatable bonds is 6. The molecular formula is C25H19F3N4O6. The normalized spacial score (nSPS) is 11.2. The Kier molecular flexibility index (Phi) is 7.02. The summed E-state index contributed by atoms with van der Waals surface area (Å²) in [6, 6.07) is 11.8. The van der Waals surface area contributed by atoms with E-state index in [2.05, 4.69) is 24.9 Å². The maximum Gasteiger partial charge on any atom is 0.433 e. The second-order valence-electron chi connectivity index (χ2n) is 7.79. The van der Waals surface area contributed by atoms with Crippen LogP contribution in [0.15, 0.2) is 54.6 Å². The topological polar surface area (TPSA) is 121 Å². The first-order valence-corrected chi connectivity index (χ1v) is 10.8. The number of carbonyl (C=O) groups excluding carboxylic acids is 3. The zero-order valence-corrected chi connectivity index (χ0v) is 20.1. The number of fused-ring (bicyclic) bond motifs is 1. The largest absolute Gasteiger partial charge is 0.497 e. The number of benzene rings is 2. The van der Waals surface area contributed by atoms with Crippen LogP contribution in [0.3, 0.4) is 0 Å². The van der Waals surface area contributed by atoms with Gasteiger partial charge in [0.1, 0.15) is 5.75 Å². The van der Waals surface area contributed by atoms with E-state index >= 15 is 0 Å². The quantitative estimate of drug-likeness (QED) is 0.369. The molecule has 2 aromatic heterocycles. The van der Waals surface area contributed by atoms with Crippen LogP contribution >= 0.6 is 0 Å². The average Bonchev–Trinajstić information content (AvgIpc) is 3.35. The van der Waals surface area contributed by atoms with Crippen LogP contribution in [0.4, 0.5) is 18.9 Å². The summed E-state index contributed by atoms with van der Waals surface area (Å²) in [5, 5.41) is 6.23. The summed E-state index contributed by atoms with van der Waals surface area (Å²) in [7, 11) is 3.73. The number of aromatic nitrogens is 3. The van der Waals surface area contributed by atoms with Crippen LogP contribution in [0.2, 0.25) is 0 Å². The molecule has 0 aliphatic rings. The van der Waals surface area contributed by atoms with Crippen molar-refractivity contribution in [1.29, 1.82) is 0 Å². The van der Waals surface area contributed by atoms with Gasteiger partial charge in [-0.25, -0.2) is 19.1 Å². The van der Waals surface area contributed by atoms with Crippen molar-refractivity contribution in [3.8, 4) is 17.0 Å². The molecule has 0 bridgehead atoms. The van der Waals surface area contributed by atoms with E-state index in [0.29, 0.717) is 15.8 Å². The molecule has 10 nitrogen and oxygen atoms in total. The molecule has 0 radical (unpaired) electrons. The lowest BCUT2D eigenvalue weighted by molar-refractivity contribution is -0.142. The predicted molar refractivity (Wildman–Crippen MR) is 127 cm³/mol. The van der Waals surface area contributed by atoms with Gasteiger partial charge in [0.2, 0.25) is 0 Å². The molecule has 1 amide bonds. The number of carbonyl (C=O) groups is 3. The molecule has 0 atom stereocenters. The highest BCUT2D eigenvalue weighted by Gasteiger charge is 2.35. The Labute approximate surface area is 212 Å². The van der Waals surface area contributed by atoms with E-state index in [0.717, 1.165) is 26.4 Å². The molecule has 1 N–H and O–H groups in total. The Morgan fingerprint density at radius 2 is 1.47 bits per heavy atom. The second kappa shape index (κ2) is 10.2. The van der Waals surface area contributed by atoms with Crippen LogP contribution in [-0.4, -0.2) is 53.8 Å². The number of anilines is 1. The number of halogens is 3. The van der Waals surface area contributed by atoms with Gasteiger partial charge < -0.3 is 19.5 Å². The van der Waals surface area contributed by atoms with Gasteiger partial charge in [0.15, 0.2) is 17.0 Å². The molecule has 196 valence electrons. The zero-order chi connectivity index (χ0) is 27.6. The van der Waals surface area contributed by atoms with Gasteiger partial charge in [-0.15, -0.1) is 0 Å². The number of hydrogen-bond donors (Lipinski definition) is 1. The number of nitrogens with zero attached hydrogens (tertiary/aromatic N) is 3. The lowest BCUT2D eigenvalue weighted by Crippen LogP contribution is -2.16. The molecular weight excluding hydrogens is 509 g/mol. The van der Waals surface area contributed by atoms with Gasteiger partial charge in [-0.1, -0.05) is 0 Å². The van der Waals surface area contributed by atoms with Crippen LogP contribution in [0.1, 0.15) is 36.9 Å². The highest BCUT2D eigenvalue weighted by atomic mass is 19.4. The van der Waals surface area contributed by atoms with Gasteiger partial charge in [-0.05, 0) is 48.5 Å². The second-order valence-corrected chi connectivity index (χ2v) is 7.79. The van der Waals surface area contributed by atoms with Crippen LogP contribution in [0.25, 0.3) is 16.9 Å². The first kappa shape index (κ1) is 26.1. The molecule has 0 saturated heterocycles. The molecule has 2 heterocycles. The predicted octanol–water partition coefficient (Wildman–Crippen LogP) is 4.25. The zero-order valence-electron chi connectivity index (χ0n) is 20.1. The summed E-state index contributed by atoms with van der Waals surface area (Å²) in [6.07, 6.45) is -4.81. The lowest BCUT2D eigenvalue weighted by atomic mass is 10.1. The molecule has 0 spiro atoms. The van der Waals surface area contributed by atoms with Crippen molar-refractivity contribution in [3.63, 3.8) is 0 Å². The number of nitrogens with one attached hydrogen (secondary N) is 1. The van der Waals surface area contributed by atoms with E-state index in [-0.39, 0.29) is 28.2 Å².